The molecule has 106 valence electrons. The number of nitrogens with zero attached hydrogens (tertiary/aromatic N) is 2. The summed E-state index contributed by atoms with van der Waals surface area (Å²) in [6, 6.07) is 8.47. The van der Waals surface area contributed by atoms with Crippen LogP contribution in [0, 0.1) is 0 Å². The Bertz CT molecular complexity index is 579. The Kier molecular flexibility index (Phi) is 3.96. The molecule has 2 unspecified atom stereocenters. The molecule has 4 heteroatoms. The highest BCUT2D eigenvalue weighted by Crippen LogP contribution is 2.20. The number of morpholine rings is 1. The van der Waals surface area contributed by atoms with E-state index in [0.29, 0.717) is 0 Å². The van der Waals surface area contributed by atoms with Gasteiger partial charge in [-0.1, -0.05) is 24.3 Å². The van der Waals surface area contributed by atoms with Crippen LogP contribution in [0.15, 0.2) is 36.7 Å². The molecule has 1 aromatic heterocycles. The minimum absolute atomic E-state index is 0.0726. The molecule has 1 fully saturated rings. The van der Waals surface area contributed by atoms with Gasteiger partial charge in [0.05, 0.1) is 12.7 Å². The van der Waals surface area contributed by atoms with Crippen LogP contribution in [0.2, 0.25) is 0 Å². The zero-order valence-corrected chi connectivity index (χ0v) is 11.8. The third-order valence-electron chi connectivity index (χ3n) is 3.91. The van der Waals surface area contributed by atoms with Crippen LogP contribution in [-0.2, 0) is 11.3 Å². The minimum atomic E-state index is 0.0726. The Hall–Kier alpha value is -1.49. The number of ether oxygens (including phenoxy) is 1. The van der Waals surface area contributed by atoms with Gasteiger partial charge in [0.1, 0.15) is 0 Å². The molecule has 1 aliphatic rings. The molecular weight excluding hydrogens is 250 g/mol. The smallest absolute Gasteiger partial charge is 0.0850 e. The largest absolute Gasteiger partial charge is 0.374 e. The minimum Gasteiger partial charge on any atom is -0.374 e. The van der Waals surface area contributed by atoms with E-state index >= 15 is 0 Å². The summed E-state index contributed by atoms with van der Waals surface area (Å²) in [6.07, 6.45) is 4.02. The third-order valence-corrected chi connectivity index (χ3v) is 3.91. The Balaban J connectivity index is 1.79. The van der Waals surface area contributed by atoms with Gasteiger partial charge in [-0.2, -0.15) is 0 Å². The Morgan fingerprint density at radius 2 is 2.25 bits per heavy atom. The monoisotopic (exact) mass is 271 g/mol. The van der Waals surface area contributed by atoms with Crippen LogP contribution >= 0.6 is 0 Å². The van der Waals surface area contributed by atoms with Gasteiger partial charge in [0.15, 0.2) is 0 Å². The van der Waals surface area contributed by atoms with Crippen molar-refractivity contribution in [2.45, 2.75) is 25.6 Å². The zero-order valence-electron chi connectivity index (χ0n) is 11.8. The van der Waals surface area contributed by atoms with Crippen molar-refractivity contribution in [3.8, 4) is 0 Å². The normalized spacial score (nSPS) is 22.0. The highest BCUT2D eigenvalue weighted by atomic mass is 16.5. The molecule has 0 aliphatic carbocycles. The maximum absolute atomic E-state index is 5.95. The number of nitrogens with two attached hydrogens (primary N) is 1. The van der Waals surface area contributed by atoms with Crippen LogP contribution in [0.4, 0.5) is 0 Å². The van der Waals surface area contributed by atoms with Crippen molar-refractivity contribution in [1.82, 2.24) is 9.88 Å². The molecule has 0 radical (unpaired) electrons. The van der Waals surface area contributed by atoms with Gasteiger partial charge < -0.3 is 10.5 Å². The Labute approximate surface area is 119 Å². The predicted octanol–water partition coefficient (Wildman–Crippen LogP) is 1.78. The van der Waals surface area contributed by atoms with Crippen molar-refractivity contribution >= 4 is 10.8 Å². The van der Waals surface area contributed by atoms with Crippen LogP contribution in [0.5, 0.6) is 0 Å². The lowest BCUT2D eigenvalue weighted by atomic mass is 10.1. The number of benzene rings is 1. The van der Waals surface area contributed by atoms with Crippen molar-refractivity contribution < 1.29 is 4.74 Å². The summed E-state index contributed by atoms with van der Waals surface area (Å²) >= 11 is 0. The molecule has 1 saturated heterocycles. The van der Waals surface area contributed by atoms with E-state index in [-0.39, 0.29) is 12.1 Å². The quantitative estimate of drug-likeness (QED) is 0.924. The van der Waals surface area contributed by atoms with Crippen LogP contribution in [0.25, 0.3) is 10.8 Å². The number of hydrogen-bond donors (Lipinski definition) is 1. The molecular formula is C16H21N3O. The fourth-order valence-corrected chi connectivity index (χ4v) is 2.74. The van der Waals surface area contributed by atoms with E-state index in [2.05, 4.69) is 34.1 Å². The first kappa shape index (κ1) is 13.5. The molecule has 0 saturated carbocycles. The second-order valence-corrected chi connectivity index (χ2v) is 5.52. The molecule has 2 aromatic rings. The predicted molar refractivity (Wildman–Crippen MR) is 80.4 cm³/mol. The van der Waals surface area contributed by atoms with Crippen LogP contribution < -0.4 is 5.73 Å². The van der Waals surface area contributed by atoms with Gasteiger partial charge in [-0.3, -0.25) is 9.88 Å². The SMILES string of the molecule is CC(N)C1CN(Cc2cncc3ccccc23)CCO1. The number of rotatable bonds is 3. The molecule has 0 bridgehead atoms. The van der Waals surface area contributed by atoms with Crippen LogP contribution in [0.1, 0.15) is 12.5 Å². The summed E-state index contributed by atoms with van der Waals surface area (Å²) in [4.78, 5) is 6.75. The fourth-order valence-electron chi connectivity index (χ4n) is 2.74. The number of fused-ring (bicyclic) bond motifs is 1. The molecule has 2 N–H and O–H groups in total. The summed E-state index contributed by atoms with van der Waals surface area (Å²) in [7, 11) is 0. The highest BCUT2D eigenvalue weighted by molar-refractivity contribution is 5.84. The Morgan fingerprint density at radius 1 is 1.40 bits per heavy atom. The third kappa shape index (κ3) is 2.82. The van der Waals surface area contributed by atoms with E-state index in [9.17, 15) is 0 Å². The fraction of sp³-hybridized carbons (Fsp3) is 0.438. The van der Waals surface area contributed by atoms with Crippen molar-refractivity contribution in [2.24, 2.45) is 5.73 Å². The first-order valence-corrected chi connectivity index (χ1v) is 7.15. The molecule has 0 spiro atoms. The summed E-state index contributed by atoms with van der Waals surface area (Å²) in [6.45, 7) is 5.51. The number of pyridine rings is 1. The lowest BCUT2D eigenvalue weighted by molar-refractivity contribution is -0.0402. The van der Waals surface area contributed by atoms with Crippen LogP contribution in [-0.4, -0.2) is 41.7 Å². The first-order valence-electron chi connectivity index (χ1n) is 7.15. The van der Waals surface area contributed by atoms with E-state index in [0.717, 1.165) is 26.2 Å². The van der Waals surface area contributed by atoms with Crippen LogP contribution in [0.3, 0.4) is 0 Å². The molecule has 1 aromatic carbocycles. The standard InChI is InChI=1S/C16H21N3O/c1-12(17)16-11-19(6-7-20-16)10-14-9-18-8-13-4-2-3-5-15(13)14/h2-5,8-9,12,16H,6-7,10-11,17H2,1H3. The maximum Gasteiger partial charge on any atom is 0.0850 e. The van der Waals surface area contributed by atoms with Gasteiger partial charge in [-0.25, -0.2) is 0 Å². The van der Waals surface area contributed by atoms with Crippen molar-refractivity contribution in [3.05, 3.63) is 42.2 Å². The summed E-state index contributed by atoms with van der Waals surface area (Å²) in [5.74, 6) is 0. The maximum atomic E-state index is 5.95. The average Bonchev–Trinajstić information content (AvgIpc) is 2.48. The van der Waals surface area contributed by atoms with E-state index in [1.165, 1.54) is 16.3 Å². The lowest BCUT2D eigenvalue weighted by Crippen LogP contribution is -2.49. The van der Waals surface area contributed by atoms with Gasteiger partial charge in [0.2, 0.25) is 0 Å². The second-order valence-electron chi connectivity index (χ2n) is 5.52. The van der Waals surface area contributed by atoms with Crippen molar-refractivity contribution in [3.63, 3.8) is 0 Å². The molecule has 2 atom stereocenters. The molecule has 0 amide bonds. The van der Waals surface area contributed by atoms with E-state index in [1.54, 1.807) is 0 Å². The molecule has 4 nitrogen and oxygen atoms in total. The van der Waals surface area contributed by atoms with Gasteiger partial charge >= 0.3 is 0 Å². The van der Waals surface area contributed by atoms with Crippen molar-refractivity contribution in [2.75, 3.05) is 19.7 Å². The highest BCUT2D eigenvalue weighted by Gasteiger charge is 2.23. The van der Waals surface area contributed by atoms with E-state index in [4.69, 9.17) is 10.5 Å². The van der Waals surface area contributed by atoms with Gasteiger partial charge in [0, 0.05) is 43.5 Å². The molecule has 3 rings (SSSR count). The topological polar surface area (TPSA) is 51.4 Å². The molecule has 1 aliphatic heterocycles. The number of hydrogen-bond acceptors (Lipinski definition) is 4. The Morgan fingerprint density at radius 3 is 3.10 bits per heavy atom. The average molecular weight is 271 g/mol. The summed E-state index contributed by atoms with van der Waals surface area (Å²) < 4.78 is 5.71. The zero-order chi connectivity index (χ0) is 13.9. The van der Waals surface area contributed by atoms with Crippen molar-refractivity contribution in [1.29, 1.82) is 0 Å². The summed E-state index contributed by atoms with van der Waals surface area (Å²) in [5.41, 5.74) is 7.22. The molecule has 20 heavy (non-hydrogen) atoms. The first-order chi connectivity index (χ1) is 9.74. The van der Waals surface area contributed by atoms with Gasteiger partial charge in [-0.15, -0.1) is 0 Å². The number of aromatic nitrogens is 1. The van der Waals surface area contributed by atoms with E-state index in [1.807, 2.05) is 19.3 Å². The summed E-state index contributed by atoms with van der Waals surface area (Å²) in [5, 5.41) is 2.48. The van der Waals surface area contributed by atoms with E-state index < -0.39 is 0 Å². The van der Waals surface area contributed by atoms with Gasteiger partial charge in [0.25, 0.3) is 0 Å². The lowest BCUT2D eigenvalue weighted by Gasteiger charge is -2.34. The second kappa shape index (κ2) is 5.87. The van der Waals surface area contributed by atoms with Gasteiger partial charge in [-0.05, 0) is 17.9 Å². The molecule has 2 heterocycles.